The number of likely N-dealkylation sites (tertiary alicyclic amines) is 1. The standard InChI is InChI=1S/C14H11F16NO/c15-6(16)8(17,18)10(21,22)12(25,26)14(29,30)13(27,28)11(23,24)9(19,20)7(32)31-4-2-1-3-5-31/h6H,1-5H2. The number of amides is 1. The molecule has 0 unspecified atom stereocenters. The Morgan fingerprint density at radius 3 is 1.28 bits per heavy atom. The van der Waals surface area contributed by atoms with Gasteiger partial charge < -0.3 is 4.90 Å². The lowest BCUT2D eigenvalue weighted by Gasteiger charge is -2.42. The van der Waals surface area contributed by atoms with Gasteiger partial charge in [-0.25, -0.2) is 8.78 Å². The SMILES string of the molecule is O=C(N1CCCCC1)C(F)(F)C(F)(F)C(F)(F)C(F)(F)C(F)(F)C(F)(F)C(F)(F)C(F)F. The average molecular weight is 513 g/mol. The van der Waals surface area contributed by atoms with E-state index in [0.29, 0.717) is 0 Å². The van der Waals surface area contributed by atoms with Crippen LogP contribution in [0.5, 0.6) is 0 Å². The number of alkyl halides is 16. The number of halogens is 16. The molecule has 190 valence electrons. The van der Waals surface area contributed by atoms with Crippen LogP contribution in [0.25, 0.3) is 0 Å². The van der Waals surface area contributed by atoms with Crippen LogP contribution in [0.1, 0.15) is 19.3 Å². The normalized spacial score (nSPS) is 18.3. The molecule has 0 atom stereocenters. The molecular formula is C14H11F16NO. The first kappa shape index (κ1) is 28.4. The topological polar surface area (TPSA) is 20.3 Å². The van der Waals surface area contributed by atoms with Crippen molar-refractivity contribution in [2.45, 2.75) is 67.1 Å². The molecule has 2 nitrogen and oxygen atoms in total. The number of nitrogens with zero attached hydrogens (tertiary/aromatic N) is 1. The second kappa shape index (κ2) is 7.99. The van der Waals surface area contributed by atoms with Gasteiger partial charge in [-0.05, 0) is 19.3 Å². The van der Waals surface area contributed by atoms with Crippen molar-refractivity contribution in [2.75, 3.05) is 13.1 Å². The van der Waals surface area contributed by atoms with Crippen molar-refractivity contribution in [1.29, 1.82) is 0 Å². The second-order valence-corrected chi connectivity index (χ2v) is 6.72. The van der Waals surface area contributed by atoms with Gasteiger partial charge in [-0.3, -0.25) is 4.79 Å². The molecule has 0 saturated carbocycles. The summed E-state index contributed by atoms with van der Waals surface area (Å²) in [6.45, 7) is -1.55. The van der Waals surface area contributed by atoms with Crippen LogP contribution in [0.2, 0.25) is 0 Å². The maximum Gasteiger partial charge on any atom is 0.392 e. The van der Waals surface area contributed by atoms with E-state index in [9.17, 15) is 75.0 Å². The molecule has 0 bridgehead atoms. The van der Waals surface area contributed by atoms with Gasteiger partial charge in [-0.2, -0.15) is 61.5 Å². The predicted octanol–water partition coefficient (Wildman–Crippen LogP) is 5.71. The molecule has 0 aromatic heterocycles. The van der Waals surface area contributed by atoms with Crippen molar-refractivity contribution in [3.05, 3.63) is 0 Å². The molecule has 1 fully saturated rings. The molecule has 1 amide bonds. The van der Waals surface area contributed by atoms with E-state index in [0.717, 1.165) is 0 Å². The molecule has 0 aliphatic carbocycles. The second-order valence-electron chi connectivity index (χ2n) is 6.72. The Bertz CT molecular complexity index is 697. The minimum absolute atomic E-state index is 0.146. The zero-order valence-corrected chi connectivity index (χ0v) is 15.0. The lowest BCUT2D eigenvalue weighted by atomic mass is 9.88. The van der Waals surface area contributed by atoms with Crippen LogP contribution in [0.3, 0.4) is 0 Å². The van der Waals surface area contributed by atoms with Crippen LogP contribution in [0, 0.1) is 0 Å². The quantitative estimate of drug-likeness (QED) is 0.381. The average Bonchev–Trinajstić information content (AvgIpc) is 2.66. The fourth-order valence-corrected chi connectivity index (χ4v) is 2.56. The van der Waals surface area contributed by atoms with Gasteiger partial charge in [0.2, 0.25) is 0 Å². The fourth-order valence-electron chi connectivity index (χ4n) is 2.56. The molecule has 0 N–H and O–H groups in total. The molecule has 0 aromatic carbocycles. The molecule has 0 spiro atoms. The third-order valence-electron chi connectivity index (χ3n) is 4.58. The summed E-state index contributed by atoms with van der Waals surface area (Å²) in [5, 5.41) is 0. The zero-order valence-electron chi connectivity index (χ0n) is 15.0. The minimum Gasteiger partial charge on any atom is -0.337 e. The Morgan fingerprint density at radius 1 is 0.562 bits per heavy atom. The van der Waals surface area contributed by atoms with Crippen molar-refractivity contribution >= 4 is 5.91 Å². The largest absolute Gasteiger partial charge is 0.392 e. The highest BCUT2D eigenvalue weighted by molar-refractivity contribution is 5.85. The Kier molecular flexibility index (Phi) is 7.08. The highest BCUT2D eigenvalue weighted by Gasteiger charge is 2.94. The summed E-state index contributed by atoms with van der Waals surface area (Å²) < 4.78 is 211. The van der Waals surface area contributed by atoms with Gasteiger partial charge in [0.05, 0.1) is 0 Å². The summed E-state index contributed by atoms with van der Waals surface area (Å²) in [7, 11) is 0. The molecule has 1 heterocycles. The molecule has 32 heavy (non-hydrogen) atoms. The first-order valence-corrected chi connectivity index (χ1v) is 8.18. The monoisotopic (exact) mass is 513 g/mol. The van der Waals surface area contributed by atoms with E-state index >= 15 is 0 Å². The Labute approximate surface area is 167 Å². The summed E-state index contributed by atoms with van der Waals surface area (Å²) in [6, 6.07) is 0. The predicted molar refractivity (Wildman–Crippen MR) is 71.1 cm³/mol. The smallest absolute Gasteiger partial charge is 0.337 e. The third-order valence-corrected chi connectivity index (χ3v) is 4.58. The van der Waals surface area contributed by atoms with Gasteiger partial charge in [0, 0.05) is 13.1 Å². The van der Waals surface area contributed by atoms with E-state index in [1.54, 1.807) is 0 Å². The number of carbonyl (C=O) groups is 1. The van der Waals surface area contributed by atoms with E-state index < -0.39 is 66.9 Å². The number of rotatable bonds is 8. The molecular weight excluding hydrogens is 502 g/mol. The molecule has 0 aromatic rings. The molecule has 1 aliphatic heterocycles. The van der Waals surface area contributed by atoms with Crippen molar-refractivity contribution in [2.24, 2.45) is 0 Å². The summed E-state index contributed by atoms with van der Waals surface area (Å²) >= 11 is 0. The summed E-state index contributed by atoms with van der Waals surface area (Å²) in [5.41, 5.74) is 0. The maximum absolute atomic E-state index is 13.8. The van der Waals surface area contributed by atoms with E-state index in [1.165, 1.54) is 0 Å². The van der Waals surface area contributed by atoms with Gasteiger partial charge in [-0.15, -0.1) is 0 Å². The third kappa shape index (κ3) is 3.64. The van der Waals surface area contributed by atoms with Crippen LogP contribution < -0.4 is 0 Å². The van der Waals surface area contributed by atoms with Gasteiger partial charge >= 0.3 is 47.9 Å². The molecule has 1 rings (SSSR count). The molecule has 18 heteroatoms. The molecule has 1 saturated heterocycles. The van der Waals surface area contributed by atoms with Gasteiger partial charge in [-0.1, -0.05) is 0 Å². The summed E-state index contributed by atoms with van der Waals surface area (Å²) in [6.07, 6.45) is -5.95. The lowest BCUT2D eigenvalue weighted by molar-refractivity contribution is -0.444. The highest BCUT2D eigenvalue weighted by atomic mass is 19.4. The van der Waals surface area contributed by atoms with E-state index in [1.807, 2.05) is 0 Å². The number of piperidine rings is 1. The Hall–Kier alpha value is -1.65. The lowest BCUT2D eigenvalue weighted by Crippen LogP contribution is -2.75. The summed E-state index contributed by atoms with van der Waals surface area (Å²) in [4.78, 5) is 11.3. The fraction of sp³-hybridized carbons (Fsp3) is 0.929. The number of hydrogen-bond acceptors (Lipinski definition) is 1. The maximum atomic E-state index is 13.8. The first-order chi connectivity index (χ1) is 14.0. The van der Waals surface area contributed by atoms with Crippen molar-refractivity contribution < 1.29 is 75.0 Å². The van der Waals surface area contributed by atoms with Crippen molar-refractivity contribution in [3.63, 3.8) is 0 Å². The van der Waals surface area contributed by atoms with Crippen molar-refractivity contribution in [1.82, 2.24) is 4.90 Å². The Balaban J connectivity index is 3.53. The van der Waals surface area contributed by atoms with E-state index in [4.69, 9.17) is 0 Å². The number of hydrogen-bond donors (Lipinski definition) is 0. The Morgan fingerprint density at radius 2 is 0.906 bits per heavy atom. The zero-order chi connectivity index (χ0) is 25.8. The van der Waals surface area contributed by atoms with Crippen molar-refractivity contribution in [3.8, 4) is 0 Å². The minimum atomic E-state index is -8.49. The van der Waals surface area contributed by atoms with Gasteiger partial charge in [0.1, 0.15) is 0 Å². The van der Waals surface area contributed by atoms with E-state index in [2.05, 4.69) is 0 Å². The first-order valence-electron chi connectivity index (χ1n) is 8.18. The highest BCUT2D eigenvalue weighted by Crippen LogP contribution is 2.62. The van der Waals surface area contributed by atoms with E-state index in [-0.39, 0.29) is 24.2 Å². The van der Waals surface area contributed by atoms with Crippen LogP contribution in [-0.2, 0) is 4.79 Å². The van der Waals surface area contributed by atoms with Gasteiger partial charge in [0.25, 0.3) is 5.91 Å². The summed E-state index contributed by atoms with van der Waals surface area (Å²) in [5.74, 6) is -58.9. The molecule has 0 radical (unpaired) electrons. The molecule has 1 aliphatic rings. The van der Waals surface area contributed by atoms with Crippen LogP contribution >= 0.6 is 0 Å². The van der Waals surface area contributed by atoms with Crippen LogP contribution in [0.15, 0.2) is 0 Å². The van der Waals surface area contributed by atoms with Crippen LogP contribution in [0.4, 0.5) is 70.2 Å². The number of carbonyl (C=O) groups excluding carboxylic acids is 1. The van der Waals surface area contributed by atoms with Gasteiger partial charge in [0.15, 0.2) is 0 Å². The van der Waals surface area contributed by atoms with Crippen LogP contribution in [-0.4, -0.2) is 71.8 Å².